The van der Waals surface area contributed by atoms with Gasteiger partial charge in [0.1, 0.15) is 11.5 Å². The van der Waals surface area contributed by atoms with Crippen molar-refractivity contribution in [3.05, 3.63) is 39.1 Å². The first-order valence-electron chi connectivity index (χ1n) is 10.6. The minimum absolute atomic E-state index is 0.0259. The Bertz CT molecular complexity index is 964. The number of hydrogen-bond acceptors (Lipinski definition) is 7. The van der Waals surface area contributed by atoms with Crippen LogP contribution in [0.4, 0.5) is 18.9 Å². The van der Waals surface area contributed by atoms with Crippen molar-refractivity contribution in [3.63, 3.8) is 0 Å². The summed E-state index contributed by atoms with van der Waals surface area (Å²) in [5.41, 5.74) is -1.74. The number of benzene rings is 1. The molecule has 1 aliphatic carbocycles. The van der Waals surface area contributed by atoms with E-state index in [1.165, 1.54) is 12.1 Å². The Morgan fingerprint density at radius 2 is 1.97 bits per heavy atom. The van der Waals surface area contributed by atoms with Crippen LogP contribution in [0.3, 0.4) is 0 Å². The van der Waals surface area contributed by atoms with Gasteiger partial charge in [0.15, 0.2) is 0 Å². The molecule has 1 aromatic rings. The lowest BCUT2D eigenvalue weighted by Crippen LogP contribution is -2.68. The highest BCUT2D eigenvalue weighted by atomic mass is 19.4. The van der Waals surface area contributed by atoms with E-state index in [2.05, 4.69) is 0 Å². The summed E-state index contributed by atoms with van der Waals surface area (Å²) < 4.78 is 52.5. The molecule has 3 aliphatic heterocycles. The van der Waals surface area contributed by atoms with Crippen molar-refractivity contribution in [2.45, 2.75) is 49.6 Å². The third-order valence-electron chi connectivity index (χ3n) is 6.95. The van der Waals surface area contributed by atoms with Crippen LogP contribution in [0, 0.1) is 21.2 Å². The summed E-state index contributed by atoms with van der Waals surface area (Å²) in [5, 5.41) is 24.5. The van der Waals surface area contributed by atoms with Gasteiger partial charge < -0.3 is 14.3 Å². The molecular weight excluding hydrogens is 435 g/mol. The van der Waals surface area contributed by atoms with Gasteiger partial charge in [-0.25, -0.2) is 0 Å². The molecule has 0 aromatic heterocycles. The number of nitro benzene ring substituents is 1. The number of alkyl halides is 3. The average molecular weight is 457 g/mol. The first kappa shape index (κ1) is 21.3. The largest absolute Gasteiger partial charge is 0.469 e. The summed E-state index contributed by atoms with van der Waals surface area (Å²) in [5.74, 6) is -1.60. The molecule has 0 N–H and O–H groups in total. The first-order chi connectivity index (χ1) is 15.2. The van der Waals surface area contributed by atoms with Crippen molar-refractivity contribution in [3.8, 4) is 5.75 Å². The zero-order valence-corrected chi connectivity index (χ0v) is 17.0. The topological polar surface area (TPSA) is 100 Å². The molecule has 12 heteroatoms. The monoisotopic (exact) mass is 457 g/mol. The standard InChI is InChI=1S/C20H22F3N3O6/c21-20(22,23)18-17-16(13-11-12(25(27)28)4-5-15(13)31-18)14-3-1-2-6-19(14,32-26(17)29)24-7-9-30-10-8-24/h4-5,11,14,16,18H,1-3,6-10H2/t14-,16+,18-,19-/m1/s1. The predicted octanol–water partition coefficient (Wildman–Crippen LogP) is 3.12. The highest BCUT2D eigenvalue weighted by molar-refractivity contribution is 5.94. The number of nitro groups is 1. The fourth-order valence-corrected chi connectivity index (χ4v) is 5.66. The lowest BCUT2D eigenvalue weighted by Gasteiger charge is -2.57. The van der Waals surface area contributed by atoms with Crippen LogP contribution in [0.1, 0.15) is 37.2 Å². The highest BCUT2D eigenvalue weighted by Crippen LogP contribution is 2.54. The molecule has 4 aliphatic rings. The van der Waals surface area contributed by atoms with E-state index in [-0.39, 0.29) is 21.9 Å². The number of halogens is 3. The third kappa shape index (κ3) is 3.19. The molecule has 3 heterocycles. The SMILES string of the molecule is O=[N+]([O-])c1ccc2c(c1)[C@@H]1C(=[N+]([O-])O[C@]3(N4CCOCC4)CCCC[C@H]13)[C@H](C(F)(F)F)O2. The van der Waals surface area contributed by atoms with Crippen LogP contribution in [-0.2, 0) is 9.57 Å². The summed E-state index contributed by atoms with van der Waals surface area (Å²) in [7, 11) is 0. The predicted molar refractivity (Wildman–Crippen MR) is 103 cm³/mol. The molecule has 5 rings (SSSR count). The summed E-state index contributed by atoms with van der Waals surface area (Å²) >= 11 is 0. The summed E-state index contributed by atoms with van der Waals surface area (Å²) in [6, 6.07) is 3.53. The van der Waals surface area contributed by atoms with E-state index in [1.54, 1.807) is 0 Å². The van der Waals surface area contributed by atoms with E-state index in [0.717, 1.165) is 18.9 Å². The number of fused-ring (bicyclic) bond motifs is 5. The van der Waals surface area contributed by atoms with E-state index >= 15 is 0 Å². The maximum absolute atomic E-state index is 14.0. The minimum Gasteiger partial charge on any atom is -0.469 e. The molecule has 0 radical (unpaired) electrons. The van der Waals surface area contributed by atoms with Crippen molar-refractivity contribution in [1.82, 2.24) is 4.90 Å². The number of ether oxygens (including phenoxy) is 2. The van der Waals surface area contributed by atoms with Crippen LogP contribution < -0.4 is 4.74 Å². The minimum atomic E-state index is -4.85. The van der Waals surface area contributed by atoms with Crippen molar-refractivity contribution >= 4 is 11.4 Å². The smallest absolute Gasteiger partial charge is 0.435 e. The van der Waals surface area contributed by atoms with Crippen molar-refractivity contribution < 1.29 is 37.3 Å². The molecular formula is C20H22F3N3O6. The van der Waals surface area contributed by atoms with Crippen molar-refractivity contribution in [2.24, 2.45) is 5.92 Å². The molecule has 1 saturated heterocycles. The Kier molecular flexibility index (Phi) is 4.97. The van der Waals surface area contributed by atoms with Gasteiger partial charge in [-0.3, -0.25) is 20.2 Å². The first-order valence-corrected chi connectivity index (χ1v) is 10.6. The number of rotatable bonds is 2. The Balaban J connectivity index is 1.71. The zero-order valence-electron chi connectivity index (χ0n) is 17.0. The van der Waals surface area contributed by atoms with Gasteiger partial charge >= 0.3 is 6.18 Å². The van der Waals surface area contributed by atoms with Crippen LogP contribution in [0.15, 0.2) is 18.2 Å². The summed E-state index contributed by atoms with van der Waals surface area (Å²) in [6.45, 7) is 1.81. The second-order valence-corrected chi connectivity index (χ2v) is 8.57. The molecule has 32 heavy (non-hydrogen) atoms. The highest BCUT2D eigenvalue weighted by Gasteiger charge is 2.64. The number of non-ortho nitro benzene ring substituents is 1. The Morgan fingerprint density at radius 1 is 1.22 bits per heavy atom. The molecule has 0 amide bonds. The van der Waals surface area contributed by atoms with Crippen molar-refractivity contribution in [2.75, 3.05) is 26.3 Å². The van der Waals surface area contributed by atoms with Gasteiger partial charge in [0.05, 0.1) is 24.1 Å². The maximum Gasteiger partial charge on any atom is 0.435 e. The Hall–Kier alpha value is -2.60. The van der Waals surface area contributed by atoms with Gasteiger partial charge in [-0.2, -0.15) is 13.2 Å². The van der Waals surface area contributed by atoms with Gasteiger partial charge in [0.25, 0.3) is 17.5 Å². The molecule has 1 saturated carbocycles. The van der Waals surface area contributed by atoms with Gasteiger partial charge in [-0.1, -0.05) is 12.8 Å². The average Bonchev–Trinajstić information content (AvgIpc) is 2.77. The third-order valence-corrected chi connectivity index (χ3v) is 6.95. The van der Waals surface area contributed by atoms with E-state index < -0.39 is 40.5 Å². The fraction of sp³-hybridized carbons (Fsp3) is 0.650. The normalized spacial score (nSPS) is 32.8. The molecule has 0 spiro atoms. The number of hydrogen-bond donors (Lipinski definition) is 0. The van der Waals surface area contributed by atoms with Crippen LogP contribution in [0.5, 0.6) is 5.75 Å². The van der Waals surface area contributed by atoms with Crippen molar-refractivity contribution in [1.29, 1.82) is 0 Å². The molecule has 4 atom stereocenters. The van der Waals surface area contributed by atoms with Crippen LogP contribution in [0.25, 0.3) is 0 Å². The van der Waals surface area contributed by atoms with Gasteiger partial charge in [-0.15, -0.1) is 0 Å². The second kappa shape index (κ2) is 7.48. The zero-order chi connectivity index (χ0) is 22.7. The summed E-state index contributed by atoms with van der Waals surface area (Å²) in [6.07, 6.45) is -4.83. The molecule has 174 valence electrons. The Labute approximate surface area is 181 Å². The van der Waals surface area contributed by atoms with Crippen LogP contribution in [-0.4, -0.2) is 64.7 Å². The maximum atomic E-state index is 14.0. The lowest BCUT2D eigenvalue weighted by molar-refractivity contribution is -0.788. The van der Waals surface area contributed by atoms with E-state index in [4.69, 9.17) is 14.3 Å². The lowest BCUT2D eigenvalue weighted by atomic mass is 9.66. The van der Waals surface area contributed by atoms with Gasteiger partial charge in [-0.05, 0) is 18.9 Å². The van der Waals surface area contributed by atoms with E-state index in [1.807, 2.05) is 4.90 Å². The molecule has 9 nitrogen and oxygen atoms in total. The molecule has 1 aromatic carbocycles. The second-order valence-electron chi connectivity index (χ2n) is 8.57. The quantitative estimate of drug-likeness (QED) is 0.382. The number of nitrogens with zero attached hydrogens (tertiary/aromatic N) is 3. The number of morpholine rings is 1. The molecule has 0 unspecified atom stereocenters. The van der Waals surface area contributed by atoms with Gasteiger partial charge in [0, 0.05) is 41.6 Å². The van der Waals surface area contributed by atoms with E-state index in [9.17, 15) is 28.5 Å². The molecule has 2 fully saturated rings. The molecule has 0 bridgehead atoms. The Morgan fingerprint density at radius 3 is 2.66 bits per heavy atom. The van der Waals surface area contributed by atoms with Crippen LogP contribution >= 0.6 is 0 Å². The van der Waals surface area contributed by atoms with E-state index in [0.29, 0.717) is 39.1 Å². The van der Waals surface area contributed by atoms with Crippen LogP contribution in [0.2, 0.25) is 0 Å². The summed E-state index contributed by atoms with van der Waals surface area (Å²) in [4.78, 5) is 18.5. The fourth-order valence-electron chi connectivity index (χ4n) is 5.66. The van der Waals surface area contributed by atoms with Gasteiger partial charge in [0.2, 0.25) is 0 Å².